The van der Waals surface area contributed by atoms with Crippen molar-refractivity contribution in [3.05, 3.63) is 46.9 Å². The van der Waals surface area contributed by atoms with Crippen LogP contribution in [0.15, 0.2) is 46.9 Å². The quantitative estimate of drug-likeness (QED) is 0.622. The van der Waals surface area contributed by atoms with Crippen molar-refractivity contribution in [3.8, 4) is 0 Å². The van der Waals surface area contributed by atoms with Crippen LogP contribution in [0.4, 0.5) is 13.2 Å². The van der Waals surface area contributed by atoms with Gasteiger partial charge in [-0.25, -0.2) is 0 Å². The molecular formula is C10H6ClF3O. The SMILES string of the molecule is FC(F)(F)C1C=CC(Cl)=C2OC=CC=C21. The van der Waals surface area contributed by atoms with Crippen molar-refractivity contribution in [3.63, 3.8) is 0 Å². The van der Waals surface area contributed by atoms with Crippen LogP contribution in [0, 0.1) is 5.92 Å². The second-order valence-corrected chi connectivity index (χ2v) is 3.53. The molecule has 2 rings (SSSR count). The lowest BCUT2D eigenvalue weighted by atomic mass is 9.91. The molecule has 1 heterocycles. The lowest BCUT2D eigenvalue weighted by molar-refractivity contribution is -0.152. The first-order chi connectivity index (χ1) is 7.00. The monoisotopic (exact) mass is 234 g/mol. The zero-order chi connectivity index (χ0) is 11.1. The Balaban J connectivity index is 2.45. The average Bonchev–Trinajstić information content (AvgIpc) is 2.17. The van der Waals surface area contributed by atoms with E-state index >= 15 is 0 Å². The highest BCUT2D eigenvalue weighted by atomic mass is 35.5. The van der Waals surface area contributed by atoms with E-state index in [0.717, 1.165) is 6.08 Å². The summed E-state index contributed by atoms with van der Waals surface area (Å²) in [6.45, 7) is 0. The Morgan fingerprint density at radius 2 is 2.07 bits per heavy atom. The van der Waals surface area contributed by atoms with E-state index in [4.69, 9.17) is 16.3 Å². The summed E-state index contributed by atoms with van der Waals surface area (Å²) >= 11 is 5.73. The topological polar surface area (TPSA) is 9.23 Å². The first-order valence-corrected chi connectivity index (χ1v) is 4.56. The number of allylic oxidation sites excluding steroid dienone is 6. The van der Waals surface area contributed by atoms with Crippen LogP contribution in [-0.4, -0.2) is 6.18 Å². The van der Waals surface area contributed by atoms with Gasteiger partial charge >= 0.3 is 6.18 Å². The third kappa shape index (κ3) is 1.81. The Hall–Kier alpha value is -1.16. The predicted octanol–water partition coefficient (Wildman–Crippen LogP) is 3.66. The molecule has 1 aliphatic heterocycles. The summed E-state index contributed by atoms with van der Waals surface area (Å²) in [5, 5.41) is 0.186. The summed E-state index contributed by atoms with van der Waals surface area (Å²) in [5.41, 5.74) is 0.0532. The minimum atomic E-state index is -4.32. The van der Waals surface area contributed by atoms with Crippen molar-refractivity contribution in [2.75, 3.05) is 0 Å². The van der Waals surface area contributed by atoms with Gasteiger partial charge in [0.15, 0.2) is 0 Å². The van der Waals surface area contributed by atoms with Crippen molar-refractivity contribution >= 4 is 11.6 Å². The van der Waals surface area contributed by atoms with Crippen LogP contribution < -0.4 is 0 Å². The van der Waals surface area contributed by atoms with Gasteiger partial charge in [0, 0.05) is 5.57 Å². The van der Waals surface area contributed by atoms with E-state index in [1.807, 2.05) is 0 Å². The molecular weight excluding hydrogens is 229 g/mol. The Morgan fingerprint density at radius 3 is 2.73 bits per heavy atom. The molecule has 0 fully saturated rings. The van der Waals surface area contributed by atoms with Gasteiger partial charge in [-0.3, -0.25) is 0 Å². The zero-order valence-corrected chi connectivity index (χ0v) is 8.14. The molecule has 0 aromatic carbocycles. The molecule has 0 amide bonds. The minimum absolute atomic E-state index is 0.0532. The molecule has 1 unspecified atom stereocenters. The molecule has 0 radical (unpaired) electrons. The number of alkyl halides is 3. The van der Waals surface area contributed by atoms with Crippen molar-refractivity contribution in [1.29, 1.82) is 0 Å². The predicted molar refractivity (Wildman–Crippen MR) is 49.9 cm³/mol. The second kappa shape index (κ2) is 3.45. The van der Waals surface area contributed by atoms with Gasteiger partial charge in [-0.05, 0) is 12.2 Å². The second-order valence-electron chi connectivity index (χ2n) is 3.12. The third-order valence-corrected chi connectivity index (χ3v) is 2.44. The standard InChI is InChI=1S/C10H6ClF3O/c11-8-4-3-7(10(12,13)14)6-2-1-5-15-9(6)8/h1-5,7H. The maximum Gasteiger partial charge on any atom is 0.399 e. The van der Waals surface area contributed by atoms with Crippen LogP contribution in [0.2, 0.25) is 0 Å². The highest BCUT2D eigenvalue weighted by Crippen LogP contribution is 2.42. The minimum Gasteiger partial charge on any atom is -0.463 e. The number of rotatable bonds is 0. The van der Waals surface area contributed by atoms with Crippen molar-refractivity contribution in [2.24, 2.45) is 5.92 Å². The molecule has 0 bridgehead atoms. The Labute approximate surface area is 89.2 Å². The normalized spacial score (nSPS) is 24.8. The largest absolute Gasteiger partial charge is 0.463 e. The number of ether oxygens (including phenoxy) is 1. The molecule has 2 aliphatic rings. The van der Waals surface area contributed by atoms with E-state index in [-0.39, 0.29) is 16.4 Å². The Kier molecular flexibility index (Phi) is 2.38. The highest BCUT2D eigenvalue weighted by molar-refractivity contribution is 6.31. The molecule has 0 spiro atoms. The molecule has 1 atom stereocenters. The molecule has 15 heavy (non-hydrogen) atoms. The number of halogens is 4. The van der Waals surface area contributed by atoms with Gasteiger partial charge in [-0.2, -0.15) is 13.2 Å². The molecule has 1 nitrogen and oxygen atoms in total. The van der Waals surface area contributed by atoms with E-state index in [1.54, 1.807) is 0 Å². The summed E-state index contributed by atoms with van der Waals surface area (Å²) in [7, 11) is 0. The maximum atomic E-state index is 12.6. The van der Waals surface area contributed by atoms with Crippen molar-refractivity contribution in [1.82, 2.24) is 0 Å². The Bertz CT molecular complexity index is 401. The molecule has 0 saturated heterocycles. The number of hydrogen-bond donors (Lipinski definition) is 0. The first kappa shape index (κ1) is 10.4. The van der Waals surface area contributed by atoms with Crippen LogP contribution in [0.5, 0.6) is 0 Å². The fourth-order valence-electron chi connectivity index (χ4n) is 1.48. The van der Waals surface area contributed by atoms with Gasteiger partial charge in [0.05, 0.1) is 11.3 Å². The van der Waals surface area contributed by atoms with E-state index in [2.05, 4.69) is 0 Å². The molecule has 0 aromatic heterocycles. The van der Waals surface area contributed by atoms with Gasteiger partial charge in [0.1, 0.15) is 11.7 Å². The van der Waals surface area contributed by atoms with Gasteiger partial charge in [-0.1, -0.05) is 23.8 Å². The zero-order valence-electron chi connectivity index (χ0n) is 7.38. The molecule has 0 saturated carbocycles. The van der Waals surface area contributed by atoms with Crippen LogP contribution >= 0.6 is 11.6 Å². The average molecular weight is 235 g/mol. The number of fused-ring (bicyclic) bond motifs is 1. The fourth-order valence-corrected chi connectivity index (χ4v) is 1.70. The van der Waals surface area contributed by atoms with E-state index in [0.29, 0.717) is 0 Å². The lowest BCUT2D eigenvalue weighted by Gasteiger charge is -2.26. The van der Waals surface area contributed by atoms with E-state index in [9.17, 15) is 13.2 Å². The molecule has 80 valence electrons. The van der Waals surface area contributed by atoms with E-state index < -0.39 is 12.1 Å². The van der Waals surface area contributed by atoms with Gasteiger partial charge in [-0.15, -0.1) is 0 Å². The van der Waals surface area contributed by atoms with Gasteiger partial charge < -0.3 is 4.74 Å². The maximum absolute atomic E-state index is 12.6. The van der Waals surface area contributed by atoms with Crippen LogP contribution in [0.3, 0.4) is 0 Å². The van der Waals surface area contributed by atoms with Crippen molar-refractivity contribution < 1.29 is 17.9 Å². The summed E-state index contributed by atoms with van der Waals surface area (Å²) in [6.07, 6.45) is 2.00. The molecule has 0 N–H and O–H groups in total. The number of hydrogen-bond acceptors (Lipinski definition) is 1. The van der Waals surface area contributed by atoms with Crippen molar-refractivity contribution in [2.45, 2.75) is 6.18 Å². The van der Waals surface area contributed by atoms with Crippen LogP contribution in [0.25, 0.3) is 0 Å². The third-order valence-electron chi connectivity index (χ3n) is 2.14. The molecule has 1 aliphatic carbocycles. The molecule has 5 heteroatoms. The fraction of sp³-hybridized carbons (Fsp3) is 0.200. The van der Waals surface area contributed by atoms with E-state index in [1.165, 1.54) is 24.5 Å². The summed E-state index contributed by atoms with van der Waals surface area (Å²) < 4.78 is 42.8. The van der Waals surface area contributed by atoms with Crippen LogP contribution in [-0.2, 0) is 4.74 Å². The van der Waals surface area contributed by atoms with Gasteiger partial charge in [0.2, 0.25) is 0 Å². The highest BCUT2D eigenvalue weighted by Gasteiger charge is 2.43. The molecule has 0 aromatic rings. The van der Waals surface area contributed by atoms with Gasteiger partial charge in [0.25, 0.3) is 0 Å². The summed E-state index contributed by atoms with van der Waals surface area (Å²) in [6, 6.07) is 0. The lowest BCUT2D eigenvalue weighted by Crippen LogP contribution is -2.26. The summed E-state index contributed by atoms with van der Waals surface area (Å²) in [5.74, 6) is -1.55. The Morgan fingerprint density at radius 1 is 1.33 bits per heavy atom. The first-order valence-electron chi connectivity index (χ1n) is 4.18. The van der Waals surface area contributed by atoms with Crippen LogP contribution in [0.1, 0.15) is 0 Å². The smallest absolute Gasteiger partial charge is 0.399 e. The summed E-state index contributed by atoms with van der Waals surface area (Å²) in [4.78, 5) is 0.